The Morgan fingerprint density at radius 2 is 1.81 bits per heavy atom. The molecule has 1 aromatic heterocycles. The molecular weight excluding hydrogens is 421 g/mol. The molecule has 0 amide bonds. The number of H-pyrrole nitrogens is 1. The van der Waals surface area contributed by atoms with E-state index in [1.54, 1.807) is 12.1 Å². The van der Waals surface area contributed by atoms with Gasteiger partial charge in [0, 0.05) is 6.42 Å². The molecule has 31 heavy (non-hydrogen) atoms. The third-order valence-corrected chi connectivity index (χ3v) is 4.37. The third kappa shape index (κ3) is 5.45. The standard InChI is InChI=1S/C20H17F3N2O6/c21-20(22,23)14-9-13(6-3-11(14)8-15(24)18(27)28)30-12-4-1-10(2-5-12)7-16-17(26)25-19(29)31-16/h1-6,9,15,26H,7-8,24H2,(H,25,29)(H,27,28). The molecule has 0 spiro atoms. The second kappa shape index (κ2) is 8.56. The molecule has 0 saturated carbocycles. The fraction of sp³-hybridized carbons (Fsp3) is 0.200. The van der Waals surface area contributed by atoms with Crippen molar-refractivity contribution in [3.05, 3.63) is 75.5 Å². The van der Waals surface area contributed by atoms with Gasteiger partial charge >= 0.3 is 17.9 Å². The summed E-state index contributed by atoms with van der Waals surface area (Å²) in [4.78, 5) is 24.0. The number of nitrogens with one attached hydrogen (secondary N) is 1. The van der Waals surface area contributed by atoms with E-state index in [4.69, 9.17) is 20.0 Å². The number of rotatable bonds is 7. The van der Waals surface area contributed by atoms with Crippen molar-refractivity contribution < 1.29 is 37.3 Å². The lowest BCUT2D eigenvalue weighted by Gasteiger charge is -2.16. The largest absolute Gasteiger partial charge is 0.492 e. The lowest BCUT2D eigenvalue weighted by Crippen LogP contribution is -2.33. The number of aromatic amines is 1. The van der Waals surface area contributed by atoms with Crippen LogP contribution in [-0.4, -0.2) is 27.2 Å². The van der Waals surface area contributed by atoms with Gasteiger partial charge in [0.05, 0.1) is 5.56 Å². The summed E-state index contributed by atoms with van der Waals surface area (Å²) in [6.45, 7) is 0. The minimum Gasteiger partial charge on any atom is -0.492 e. The maximum Gasteiger partial charge on any atom is 0.419 e. The number of aliphatic carboxylic acids is 1. The normalized spacial score (nSPS) is 12.5. The molecule has 0 bridgehead atoms. The second-order valence-corrected chi connectivity index (χ2v) is 6.67. The summed E-state index contributed by atoms with van der Waals surface area (Å²) in [5, 5.41) is 18.4. The Labute approximate surface area is 172 Å². The highest BCUT2D eigenvalue weighted by atomic mass is 19.4. The minimum absolute atomic E-state index is 0.0450. The van der Waals surface area contributed by atoms with Gasteiger partial charge in [0.1, 0.15) is 17.5 Å². The molecule has 1 unspecified atom stereocenters. The van der Waals surface area contributed by atoms with Crippen molar-refractivity contribution in [3.63, 3.8) is 0 Å². The fourth-order valence-corrected chi connectivity index (χ4v) is 2.85. The van der Waals surface area contributed by atoms with Crippen LogP contribution in [0, 0.1) is 0 Å². The number of carboxylic acid groups (broad SMARTS) is 1. The van der Waals surface area contributed by atoms with Gasteiger partial charge in [-0.25, -0.2) is 4.79 Å². The Kier molecular flexibility index (Phi) is 6.07. The topological polar surface area (TPSA) is 139 Å². The molecule has 164 valence electrons. The number of hydrogen-bond acceptors (Lipinski definition) is 6. The number of benzene rings is 2. The van der Waals surface area contributed by atoms with E-state index in [2.05, 4.69) is 4.98 Å². The van der Waals surface area contributed by atoms with Crippen LogP contribution in [0.5, 0.6) is 17.4 Å². The first kappa shape index (κ1) is 22.0. The van der Waals surface area contributed by atoms with Gasteiger partial charge in [-0.15, -0.1) is 0 Å². The Hall–Kier alpha value is -3.73. The van der Waals surface area contributed by atoms with Crippen LogP contribution in [0.15, 0.2) is 51.7 Å². The predicted octanol–water partition coefficient (Wildman–Crippen LogP) is 3.03. The van der Waals surface area contributed by atoms with Crippen LogP contribution in [0.1, 0.15) is 22.5 Å². The molecule has 0 saturated heterocycles. The fourth-order valence-electron chi connectivity index (χ4n) is 2.85. The molecule has 2 aromatic carbocycles. The highest BCUT2D eigenvalue weighted by molar-refractivity contribution is 5.73. The Balaban J connectivity index is 1.78. The van der Waals surface area contributed by atoms with Gasteiger partial charge in [0.15, 0.2) is 5.76 Å². The lowest BCUT2D eigenvalue weighted by molar-refractivity contribution is -0.140. The number of aromatic hydroxyl groups is 1. The summed E-state index contributed by atoms with van der Waals surface area (Å²) in [7, 11) is 0. The monoisotopic (exact) mass is 438 g/mol. The summed E-state index contributed by atoms with van der Waals surface area (Å²) < 4.78 is 50.5. The molecule has 8 nitrogen and oxygen atoms in total. The summed E-state index contributed by atoms with van der Waals surface area (Å²) >= 11 is 0. The summed E-state index contributed by atoms with van der Waals surface area (Å²) in [5.74, 6) is -2.38. The van der Waals surface area contributed by atoms with Crippen LogP contribution in [-0.2, 0) is 23.8 Å². The number of halogens is 3. The number of oxazole rings is 1. The summed E-state index contributed by atoms with van der Waals surface area (Å²) in [5.41, 5.74) is 4.73. The summed E-state index contributed by atoms with van der Waals surface area (Å²) in [6.07, 6.45) is -5.10. The zero-order valence-electron chi connectivity index (χ0n) is 15.8. The van der Waals surface area contributed by atoms with Gasteiger partial charge in [0.2, 0.25) is 5.88 Å². The van der Waals surface area contributed by atoms with Crippen LogP contribution in [0.25, 0.3) is 0 Å². The number of ether oxygens (including phenoxy) is 1. The van der Waals surface area contributed by atoms with Crippen LogP contribution in [0.4, 0.5) is 13.2 Å². The number of carboxylic acids is 1. The van der Waals surface area contributed by atoms with Crippen molar-refractivity contribution in [3.8, 4) is 17.4 Å². The van der Waals surface area contributed by atoms with Crippen molar-refractivity contribution in [1.82, 2.24) is 4.98 Å². The van der Waals surface area contributed by atoms with Gasteiger partial charge in [-0.2, -0.15) is 13.2 Å². The molecule has 11 heteroatoms. The second-order valence-electron chi connectivity index (χ2n) is 6.67. The first-order valence-electron chi connectivity index (χ1n) is 8.89. The van der Waals surface area contributed by atoms with Gasteiger partial charge in [0.25, 0.3) is 0 Å². The average molecular weight is 438 g/mol. The van der Waals surface area contributed by atoms with Gasteiger partial charge in [-0.05, 0) is 41.8 Å². The number of alkyl halides is 3. The van der Waals surface area contributed by atoms with Crippen molar-refractivity contribution in [2.75, 3.05) is 0 Å². The lowest BCUT2D eigenvalue weighted by atomic mass is 10.00. The SMILES string of the molecule is NC(Cc1ccc(Oc2ccc(Cc3oc(=O)[nH]c3O)cc2)cc1C(F)(F)F)C(=O)O. The molecule has 0 fully saturated rings. The van der Waals surface area contributed by atoms with Gasteiger partial charge < -0.3 is 25.1 Å². The number of nitrogens with two attached hydrogens (primary N) is 1. The molecule has 0 aliphatic carbocycles. The Morgan fingerprint density at radius 1 is 1.16 bits per heavy atom. The molecule has 5 N–H and O–H groups in total. The van der Waals surface area contributed by atoms with E-state index in [1.165, 1.54) is 18.2 Å². The molecule has 0 radical (unpaired) electrons. The van der Waals surface area contributed by atoms with E-state index in [9.17, 15) is 27.9 Å². The van der Waals surface area contributed by atoms with E-state index in [1.807, 2.05) is 0 Å². The highest BCUT2D eigenvalue weighted by Crippen LogP contribution is 2.36. The molecule has 3 rings (SSSR count). The molecule has 0 aliphatic heterocycles. The van der Waals surface area contributed by atoms with Crippen LogP contribution >= 0.6 is 0 Å². The average Bonchev–Trinajstić information content (AvgIpc) is 3.00. The van der Waals surface area contributed by atoms with E-state index in [0.29, 0.717) is 5.56 Å². The number of hydrogen-bond donors (Lipinski definition) is 4. The van der Waals surface area contributed by atoms with Crippen molar-refractivity contribution in [1.29, 1.82) is 0 Å². The van der Waals surface area contributed by atoms with E-state index in [0.717, 1.165) is 12.1 Å². The van der Waals surface area contributed by atoms with Crippen molar-refractivity contribution in [2.45, 2.75) is 25.1 Å². The molecular formula is C20H17F3N2O6. The predicted molar refractivity (Wildman–Crippen MR) is 101 cm³/mol. The van der Waals surface area contributed by atoms with E-state index in [-0.39, 0.29) is 35.1 Å². The van der Waals surface area contributed by atoms with Crippen LogP contribution in [0.3, 0.4) is 0 Å². The zero-order chi connectivity index (χ0) is 22.8. The van der Waals surface area contributed by atoms with Crippen molar-refractivity contribution >= 4 is 5.97 Å². The van der Waals surface area contributed by atoms with Crippen molar-refractivity contribution in [2.24, 2.45) is 5.73 Å². The number of aromatic nitrogens is 1. The molecule has 0 aliphatic rings. The quantitative estimate of drug-likeness (QED) is 0.445. The number of carbonyl (C=O) groups is 1. The molecule has 1 heterocycles. The van der Waals surface area contributed by atoms with Gasteiger partial charge in [-0.3, -0.25) is 9.78 Å². The minimum atomic E-state index is -4.72. The highest BCUT2D eigenvalue weighted by Gasteiger charge is 2.34. The first-order valence-corrected chi connectivity index (χ1v) is 8.89. The third-order valence-electron chi connectivity index (χ3n) is 4.37. The van der Waals surface area contributed by atoms with Crippen LogP contribution < -0.4 is 16.2 Å². The smallest absolute Gasteiger partial charge is 0.419 e. The summed E-state index contributed by atoms with van der Waals surface area (Å²) in [6, 6.07) is 7.91. The Morgan fingerprint density at radius 3 is 2.35 bits per heavy atom. The first-order chi connectivity index (χ1) is 14.5. The molecule has 3 aromatic rings. The maximum atomic E-state index is 13.4. The van der Waals surface area contributed by atoms with Crippen LogP contribution in [0.2, 0.25) is 0 Å². The maximum absolute atomic E-state index is 13.4. The van der Waals surface area contributed by atoms with Gasteiger partial charge in [-0.1, -0.05) is 18.2 Å². The zero-order valence-corrected chi connectivity index (χ0v) is 15.8. The van der Waals surface area contributed by atoms with E-state index < -0.39 is 35.9 Å². The van der Waals surface area contributed by atoms with E-state index >= 15 is 0 Å². The Bertz CT molecular complexity index is 1140. The molecule has 1 atom stereocenters.